The van der Waals surface area contributed by atoms with Crippen LogP contribution in [-0.4, -0.2) is 18.2 Å². The van der Waals surface area contributed by atoms with Gasteiger partial charge in [-0.05, 0) is 18.6 Å². The van der Waals surface area contributed by atoms with Crippen molar-refractivity contribution in [2.24, 2.45) is 5.16 Å². The van der Waals surface area contributed by atoms with Crippen molar-refractivity contribution in [1.82, 2.24) is 5.32 Å². The van der Waals surface area contributed by atoms with Crippen LogP contribution in [0.1, 0.15) is 18.1 Å². The minimum atomic E-state index is -0.651. The molecule has 0 aliphatic carbocycles. The van der Waals surface area contributed by atoms with Crippen LogP contribution in [0.4, 0.5) is 0 Å². The molecule has 0 aliphatic rings. The Morgan fingerprint density at radius 2 is 1.91 bits per heavy atom. The predicted octanol–water partition coefficient (Wildman–Crippen LogP) is 3.50. The molecule has 0 aromatic heterocycles. The molecule has 2 rings (SSSR count). The first-order valence-electron chi connectivity index (χ1n) is 6.92. The first kappa shape index (κ1) is 16.2. The van der Waals surface area contributed by atoms with Crippen LogP contribution in [0.3, 0.4) is 0 Å². The molecule has 0 saturated carbocycles. The third-order valence-corrected chi connectivity index (χ3v) is 3.72. The topological polar surface area (TPSA) is 50.7 Å². The van der Waals surface area contributed by atoms with Crippen molar-refractivity contribution < 1.29 is 9.63 Å². The van der Waals surface area contributed by atoms with Gasteiger partial charge in [0.25, 0.3) is 5.91 Å². The lowest BCUT2D eigenvalue weighted by Crippen LogP contribution is -2.33. The van der Waals surface area contributed by atoms with Crippen molar-refractivity contribution in [3.8, 4) is 0 Å². The monoisotopic (exact) mass is 360 g/mol. The number of amides is 1. The highest BCUT2D eigenvalue weighted by Gasteiger charge is 2.13. The number of benzene rings is 2. The first-order chi connectivity index (χ1) is 10.7. The molecule has 0 unspecified atom stereocenters. The van der Waals surface area contributed by atoms with Gasteiger partial charge in [0.05, 0.1) is 6.21 Å². The summed E-state index contributed by atoms with van der Waals surface area (Å²) in [4.78, 5) is 17.1. The fourth-order valence-electron chi connectivity index (χ4n) is 1.73. The van der Waals surface area contributed by atoms with E-state index in [2.05, 4.69) is 26.4 Å². The Balaban J connectivity index is 1.80. The van der Waals surface area contributed by atoms with E-state index in [1.165, 1.54) is 0 Å². The number of nitrogens with zero attached hydrogens (tertiary/aromatic N) is 1. The minimum Gasteiger partial charge on any atom is -0.383 e. The van der Waals surface area contributed by atoms with Gasteiger partial charge in [0, 0.05) is 16.6 Å². The van der Waals surface area contributed by atoms with Crippen LogP contribution < -0.4 is 5.32 Å². The molecule has 5 heteroatoms. The number of carbonyl (C=O) groups is 1. The molecule has 0 aliphatic heterocycles. The van der Waals surface area contributed by atoms with Crippen molar-refractivity contribution in [2.45, 2.75) is 19.6 Å². The predicted molar refractivity (Wildman–Crippen MR) is 90.6 cm³/mol. The quantitative estimate of drug-likeness (QED) is 0.632. The van der Waals surface area contributed by atoms with E-state index >= 15 is 0 Å². The van der Waals surface area contributed by atoms with Gasteiger partial charge in [0.15, 0.2) is 0 Å². The lowest BCUT2D eigenvalue weighted by molar-refractivity contribution is -0.131. The molecule has 0 spiro atoms. The van der Waals surface area contributed by atoms with Gasteiger partial charge in [-0.1, -0.05) is 69.6 Å². The third kappa shape index (κ3) is 5.00. The second kappa shape index (κ2) is 8.34. The largest absolute Gasteiger partial charge is 0.383 e. The zero-order valence-electron chi connectivity index (χ0n) is 12.2. The summed E-state index contributed by atoms with van der Waals surface area (Å²) in [5.74, 6) is -0.201. The second-order valence-corrected chi connectivity index (χ2v) is 5.56. The average molecular weight is 361 g/mol. The summed E-state index contributed by atoms with van der Waals surface area (Å²) >= 11 is 3.42. The maximum atomic E-state index is 11.9. The first-order valence-corrected chi connectivity index (χ1v) is 7.71. The van der Waals surface area contributed by atoms with Crippen molar-refractivity contribution in [2.75, 3.05) is 0 Å². The molecule has 0 saturated heterocycles. The molecule has 0 radical (unpaired) electrons. The van der Waals surface area contributed by atoms with Crippen LogP contribution in [0.5, 0.6) is 0 Å². The Kier molecular flexibility index (Phi) is 6.15. The molecule has 2 aromatic carbocycles. The number of oxime groups is 1. The molecule has 4 nitrogen and oxygen atoms in total. The zero-order chi connectivity index (χ0) is 15.8. The standard InChI is InChI=1S/C17H17BrN2O2/c1-13(17(21)19-11-14-7-3-2-4-8-14)22-20-12-15-9-5-6-10-16(15)18/h2-10,12-13H,11H2,1H3,(H,19,21)/b20-12-/t13-/m0/s1. The molecule has 0 fully saturated rings. The Morgan fingerprint density at radius 1 is 1.23 bits per heavy atom. The zero-order valence-corrected chi connectivity index (χ0v) is 13.8. The summed E-state index contributed by atoms with van der Waals surface area (Å²) in [6, 6.07) is 17.4. The van der Waals surface area contributed by atoms with E-state index in [-0.39, 0.29) is 5.91 Å². The van der Waals surface area contributed by atoms with Crippen LogP contribution in [0.25, 0.3) is 0 Å². The Morgan fingerprint density at radius 3 is 2.64 bits per heavy atom. The van der Waals surface area contributed by atoms with E-state index in [4.69, 9.17) is 4.84 Å². The number of halogens is 1. The van der Waals surface area contributed by atoms with Crippen molar-refractivity contribution in [3.63, 3.8) is 0 Å². The van der Waals surface area contributed by atoms with Gasteiger partial charge in [0.1, 0.15) is 0 Å². The summed E-state index contributed by atoms with van der Waals surface area (Å²) < 4.78 is 0.920. The summed E-state index contributed by atoms with van der Waals surface area (Å²) in [5, 5.41) is 6.67. The van der Waals surface area contributed by atoms with Crippen molar-refractivity contribution in [3.05, 3.63) is 70.2 Å². The van der Waals surface area contributed by atoms with Crippen molar-refractivity contribution in [1.29, 1.82) is 0 Å². The van der Waals surface area contributed by atoms with E-state index in [1.807, 2.05) is 54.6 Å². The Bertz CT molecular complexity index is 644. The average Bonchev–Trinajstić information content (AvgIpc) is 2.55. The smallest absolute Gasteiger partial charge is 0.263 e. The highest BCUT2D eigenvalue weighted by molar-refractivity contribution is 9.10. The summed E-state index contributed by atoms with van der Waals surface area (Å²) in [6.07, 6.45) is 0.924. The van der Waals surface area contributed by atoms with E-state index in [0.29, 0.717) is 6.54 Å². The highest BCUT2D eigenvalue weighted by Crippen LogP contribution is 2.13. The molecular weight excluding hydrogens is 344 g/mol. The molecule has 22 heavy (non-hydrogen) atoms. The summed E-state index contributed by atoms with van der Waals surface area (Å²) in [6.45, 7) is 2.14. The van der Waals surface area contributed by atoms with E-state index in [9.17, 15) is 4.79 Å². The van der Waals surface area contributed by atoms with Crippen LogP contribution in [0.2, 0.25) is 0 Å². The van der Waals surface area contributed by atoms with Gasteiger partial charge in [-0.15, -0.1) is 0 Å². The van der Waals surface area contributed by atoms with Crippen LogP contribution in [0.15, 0.2) is 64.2 Å². The van der Waals surface area contributed by atoms with Gasteiger partial charge in [-0.3, -0.25) is 4.79 Å². The van der Waals surface area contributed by atoms with Crippen LogP contribution in [0, 0.1) is 0 Å². The minimum absolute atomic E-state index is 0.201. The number of hydrogen-bond donors (Lipinski definition) is 1. The SMILES string of the molecule is C[C@H](O/N=C\c1ccccc1Br)C(=O)NCc1ccccc1. The van der Waals surface area contributed by atoms with Gasteiger partial charge >= 0.3 is 0 Å². The van der Waals surface area contributed by atoms with Gasteiger partial charge in [0.2, 0.25) is 6.10 Å². The lowest BCUT2D eigenvalue weighted by atomic mass is 10.2. The van der Waals surface area contributed by atoms with Crippen molar-refractivity contribution >= 4 is 28.1 Å². The molecule has 114 valence electrons. The molecule has 0 bridgehead atoms. The lowest BCUT2D eigenvalue weighted by Gasteiger charge is -2.10. The molecule has 1 amide bonds. The Labute approximate surface area is 138 Å². The van der Waals surface area contributed by atoms with E-state index < -0.39 is 6.10 Å². The molecule has 1 atom stereocenters. The summed E-state index contributed by atoms with van der Waals surface area (Å²) in [7, 11) is 0. The van der Waals surface area contributed by atoms with Crippen LogP contribution >= 0.6 is 15.9 Å². The van der Waals surface area contributed by atoms with E-state index in [1.54, 1.807) is 13.1 Å². The number of rotatable bonds is 6. The van der Waals surface area contributed by atoms with Gasteiger partial charge < -0.3 is 10.2 Å². The molecular formula is C17H17BrN2O2. The van der Waals surface area contributed by atoms with Gasteiger partial charge in [-0.25, -0.2) is 0 Å². The maximum Gasteiger partial charge on any atom is 0.263 e. The normalized spacial score (nSPS) is 12.1. The highest BCUT2D eigenvalue weighted by atomic mass is 79.9. The summed E-state index contributed by atoms with van der Waals surface area (Å²) in [5.41, 5.74) is 1.93. The van der Waals surface area contributed by atoms with Gasteiger partial charge in [-0.2, -0.15) is 0 Å². The Hall–Kier alpha value is -2.14. The second-order valence-electron chi connectivity index (χ2n) is 4.71. The number of nitrogens with one attached hydrogen (secondary N) is 1. The third-order valence-electron chi connectivity index (χ3n) is 2.99. The molecule has 2 aromatic rings. The van der Waals surface area contributed by atoms with E-state index in [0.717, 1.165) is 15.6 Å². The fourth-order valence-corrected chi connectivity index (χ4v) is 2.12. The maximum absolute atomic E-state index is 11.9. The number of carbonyl (C=O) groups excluding carboxylic acids is 1. The fraction of sp³-hybridized carbons (Fsp3) is 0.176. The number of hydrogen-bond acceptors (Lipinski definition) is 3. The molecule has 0 heterocycles. The molecule has 1 N–H and O–H groups in total. The van der Waals surface area contributed by atoms with Crippen LogP contribution in [-0.2, 0) is 16.2 Å².